The molecule has 3 unspecified atom stereocenters. The van der Waals surface area contributed by atoms with Gasteiger partial charge in [0, 0.05) is 19.1 Å². The average Bonchev–Trinajstić information content (AvgIpc) is 2.93. The summed E-state index contributed by atoms with van der Waals surface area (Å²) < 4.78 is 0. The lowest BCUT2D eigenvalue weighted by atomic mass is 9.94. The number of urea groups is 1. The van der Waals surface area contributed by atoms with E-state index in [4.69, 9.17) is 0 Å². The Morgan fingerprint density at radius 1 is 1.35 bits per heavy atom. The second-order valence-electron chi connectivity index (χ2n) is 6.36. The van der Waals surface area contributed by atoms with Crippen molar-refractivity contribution in [3.8, 4) is 0 Å². The van der Waals surface area contributed by atoms with E-state index in [1.807, 2.05) is 20.8 Å². The van der Waals surface area contributed by atoms with Crippen LogP contribution in [0.4, 0.5) is 4.79 Å². The molecule has 1 N–H and O–H groups in total. The van der Waals surface area contributed by atoms with Crippen molar-refractivity contribution < 1.29 is 14.7 Å². The molecule has 0 aromatic heterocycles. The van der Waals surface area contributed by atoms with Crippen molar-refractivity contribution in [3.05, 3.63) is 0 Å². The van der Waals surface area contributed by atoms with Gasteiger partial charge in [-0.15, -0.1) is 0 Å². The molecule has 2 aliphatic rings. The van der Waals surface area contributed by atoms with E-state index in [-0.39, 0.29) is 18.0 Å². The summed E-state index contributed by atoms with van der Waals surface area (Å²) in [4.78, 5) is 27.7. The van der Waals surface area contributed by atoms with Gasteiger partial charge in [-0.1, -0.05) is 13.3 Å². The van der Waals surface area contributed by atoms with Gasteiger partial charge in [-0.2, -0.15) is 0 Å². The highest BCUT2D eigenvalue weighted by atomic mass is 16.4. The average molecular weight is 282 g/mol. The third-order valence-corrected chi connectivity index (χ3v) is 4.72. The predicted octanol–water partition coefficient (Wildman–Crippen LogP) is 2.41. The van der Waals surface area contributed by atoms with Crippen LogP contribution in [-0.2, 0) is 4.79 Å². The Kier molecular flexibility index (Phi) is 4.55. The number of hydrogen-bond donors (Lipinski definition) is 1. The number of rotatable bonds is 4. The highest BCUT2D eigenvalue weighted by Crippen LogP contribution is 2.42. The van der Waals surface area contributed by atoms with E-state index >= 15 is 0 Å². The first-order valence-corrected chi connectivity index (χ1v) is 7.77. The summed E-state index contributed by atoms with van der Waals surface area (Å²) in [7, 11) is 0. The Morgan fingerprint density at radius 3 is 2.60 bits per heavy atom. The minimum Gasteiger partial charge on any atom is -0.480 e. The highest BCUT2D eigenvalue weighted by molar-refractivity contribution is 5.84. The normalized spacial score (nSPS) is 28.8. The predicted molar refractivity (Wildman–Crippen MR) is 76.5 cm³/mol. The third kappa shape index (κ3) is 2.63. The van der Waals surface area contributed by atoms with Gasteiger partial charge in [0.1, 0.15) is 6.04 Å². The van der Waals surface area contributed by atoms with E-state index in [1.165, 1.54) is 0 Å². The van der Waals surface area contributed by atoms with Gasteiger partial charge in [0.05, 0.1) is 0 Å². The summed E-state index contributed by atoms with van der Waals surface area (Å²) in [6.45, 7) is 7.32. The molecular weight excluding hydrogens is 256 g/mol. The number of nitrogens with zero attached hydrogens (tertiary/aromatic N) is 2. The van der Waals surface area contributed by atoms with Crippen molar-refractivity contribution in [1.29, 1.82) is 0 Å². The van der Waals surface area contributed by atoms with Gasteiger partial charge in [-0.3, -0.25) is 0 Å². The summed E-state index contributed by atoms with van der Waals surface area (Å²) in [6, 6.07) is -0.603. The van der Waals surface area contributed by atoms with Crippen LogP contribution in [-0.4, -0.2) is 52.1 Å². The molecule has 1 saturated carbocycles. The molecule has 20 heavy (non-hydrogen) atoms. The van der Waals surface area contributed by atoms with Gasteiger partial charge >= 0.3 is 12.0 Å². The molecule has 2 amide bonds. The smallest absolute Gasteiger partial charge is 0.326 e. The fourth-order valence-electron chi connectivity index (χ4n) is 3.80. The maximum atomic E-state index is 12.7. The second kappa shape index (κ2) is 6.02. The lowest BCUT2D eigenvalue weighted by molar-refractivity contribution is -0.142. The Morgan fingerprint density at radius 2 is 2.05 bits per heavy atom. The first-order valence-electron chi connectivity index (χ1n) is 7.77. The van der Waals surface area contributed by atoms with Crippen molar-refractivity contribution >= 4 is 12.0 Å². The van der Waals surface area contributed by atoms with Crippen LogP contribution in [0, 0.1) is 11.8 Å². The molecule has 0 bridgehead atoms. The zero-order valence-corrected chi connectivity index (χ0v) is 12.7. The molecule has 3 atom stereocenters. The Hall–Kier alpha value is -1.26. The fraction of sp³-hybridized carbons (Fsp3) is 0.867. The maximum absolute atomic E-state index is 12.7. The number of amides is 2. The van der Waals surface area contributed by atoms with Gasteiger partial charge in [0.15, 0.2) is 0 Å². The van der Waals surface area contributed by atoms with Crippen LogP contribution in [0.5, 0.6) is 0 Å². The Labute approximate surface area is 120 Å². The number of carboxylic acids is 1. The van der Waals surface area contributed by atoms with Crippen LogP contribution in [0.1, 0.15) is 46.5 Å². The van der Waals surface area contributed by atoms with E-state index in [0.29, 0.717) is 19.0 Å². The minimum atomic E-state index is -0.840. The largest absolute Gasteiger partial charge is 0.480 e. The van der Waals surface area contributed by atoms with Crippen LogP contribution in [0.3, 0.4) is 0 Å². The molecule has 2 rings (SSSR count). The summed E-state index contributed by atoms with van der Waals surface area (Å²) in [5.74, 6) is -0.296. The molecule has 5 nitrogen and oxygen atoms in total. The minimum absolute atomic E-state index is 0.0938. The second-order valence-corrected chi connectivity index (χ2v) is 6.36. The third-order valence-electron chi connectivity index (χ3n) is 4.72. The van der Waals surface area contributed by atoms with Crippen LogP contribution in [0.15, 0.2) is 0 Å². The molecule has 1 aliphatic carbocycles. The molecule has 0 radical (unpaired) electrons. The number of hydrogen-bond acceptors (Lipinski definition) is 2. The van der Waals surface area contributed by atoms with Crippen molar-refractivity contribution in [2.45, 2.75) is 58.5 Å². The SMILES string of the molecule is CCCN(C(=O)N1CC2CCCC2C1C(=O)O)C(C)C. The van der Waals surface area contributed by atoms with Crippen LogP contribution in [0.25, 0.3) is 0 Å². The molecule has 0 spiro atoms. The summed E-state index contributed by atoms with van der Waals surface area (Å²) in [5, 5.41) is 9.52. The molecule has 0 aromatic rings. The maximum Gasteiger partial charge on any atom is 0.326 e. The number of carboxylic acid groups (broad SMARTS) is 1. The number of likely N-dealkylation sites (tertiary alicyclic amines) is 1. The lowest BCUT2D eigenvalue weighted by Gasteiger charge is -2.33. The van der Waals surface area contributed by atoms with Crippen molar-refractivity contribution in [1.82, 2.24) is 9.80 Å². The molecule has 1 saturated heterocycles. The fourth-order valence-corrected chi connectivity index (χ4v) is 3.80. The number of carbonyl (C=O) groups excluding carboxylic acids is 1. The first-order chi connectivity index (χ1) is 9.47. The Balaban J connectivity index is 2.17. The molecular formula is C15H26N2O3. The van der Waals surface area contributed by atoms with Crippen LogP contribution in [0.2, 0.25) is 0 Å². The molecule has 1 aliphatic heterocycles. The molecule has 0 aromatic carbocycles. The van der Waals surface area contributed by atoms with Crippen molar-refractivity contribution in [3.63, 3.8) is 0 Å². The standard InChI is InChI=1S/C15H26N2O3/c1-4-8-16(10(2)3)15(20)17-9-11-6-5-7-12(11)13(17)14(18)19/h10-13H,4-9H2,1-3H3,(H,18,19). The van der Waals surface area contributed by atoms with Gasteiger partial charge in [-0.25, -0.2) is 9.59 Å². The number of carbonyl (C=O) groups is 2. The summed E-state index contributed by atoms with van der Waals surface area (Å²) in [6.07, 6.45) is 4.00. The van der Waals surface area contributed by atoms with Crippen molar-refractivity contribution in [2.75, 3.05) is 13.1 Å². The van der Waals surface area contributed by atoms with Crippen molar-refractivity contribution in [2.24, 2.45) is 11.8 Å². The molecule has 2 fully saturated rings. The lowest BCUT2D eigenvalue weighted by Crippen LogP contribution is -2.51. The summed E-state index contributed by atoms with van der Waals surface area (Å²) in [5.41, 5.74) is 0. The highest BCUT2D eigenvalue weighted by Gasteiger charge is 2.50. The number of aliphatic carboxylic acids is 1. The molecule has 114 valence electrons. The summed E-state index contributed by atoms with van der Waals surface area (Å²) >= 11 is 0. The van der Waals surface area contributed by atoms with Gasteiger partial charge < -0.3 is 14.9 Å². The zero-order chi connectivity index (χ0) is 14.9. The molecule has 5 heteroatoms. The van der Waals surface area contributed by atoms with Crippen LogP contribution < -0.4 is 0 Å². The Bertz CT molecular complexity index is 383. The molecule has 1 heterocycles. The zero-order valence-electron chi connectivity index (χ0n) is 12.7. The van der Waals surface area contributed by atoms with Gasteiger partial charge in [0.25, 0.3) is 0 Å². The van der Waals surface area contributed by atoms with Gasteiger partial charge in [-0.05, 0) is 44.9 Å². The van der Waals surface area contributed by atoms with E-state index < -0.39 is 12.0 Å². The van der Waals surface area contributed by atoms with Crippen LogP contribution >= 0.6 is 0 Å². The first kappa shape index (κ1) is 15.1. The quantitative estimate of drug-likeness (QED) is 0.861. The van der Waals surface area contributed by atoms with Gasteiger partial charge in [0.2, 0.25) is 0 Å². The van der Waals surface area contributed by atoms with E-state index in [0.717, 1.165) is 25.7 Å². The van der Waals surface area contributed by atoms with E-state index in [9.17, 15) is 14.7 Å². The monoisotopic (exact) mass is 282 g/mol. The number of fused-ring (bicyclic) bond motifs is 1. The topological polar surface area (TPSA) is 60.9 Å². The van der Waals surface area contributed by atoms with E-state index in [2.05, 4.69) is 0 Å². The van der Waals surface area contributed by atoms with E-state index in [1.54, 1.807) is 9.80 Å².